The summed E-state index contributed by atoms with van der Waals surface area (Å²) in [6.45, 7) is 5.76. The minimum absolute atomic E-state index is 0.155. The van der Waals surface area contributed by atoms with Crippen molar-refractivity contribution in [2.75, 3.05) is 19.5 Å². The second kappa shape index (κ2) is 7.53. The van der Waals surface area contributed by atoms with E-state index in [9.17, 15) is 4.79 Å². The number of carbonyl (C=O) groups is 1. The Kier molecular flexibility index (Phi) is 5.16. The van der Waals surface area contributed by atoms with Gasteiger partial charge in [0, 0.05) is 30.1 Å². The fraction of sp³-hybridized carbons (Fsp3) is 0.316. The maximum atomic E-state index is 12.5. The van der Waals surface area contributed by atoms with Crippen molar-refractivity contribution in [3.63, 3.8) is 0 Å². The minimum Gasteiger partial charge on any atom is -0.493 e. The van der Waals surface area contributed by atoms with Crippen molar-refractivity contribution in [1.82, 2.24) is 14.8 Å². The number of methoxy groups -OCH3 is 2. The summed E-state index contributed by atoms with van der Waals surface area (Å²) in [5, 5.41) is 10.8. The van der Waals surface area contributed by atoms with E-state index in [1.54, 1.807) is 39.3 Å². The van der Waals surface area contributed by atoms with Crippen LogP contribution in [0.25, 0.3) is 11.5 Å². The summed E-state index contributed by atoms with van der Waals surface area (Å²) >= 11 is 0. The number of hydrogen-bond acceptors (Lipinski definition) is 6. The zero-order valence-electron chi connectivity index (χ0n) is 16.0. The third-order valence-electron chi connectivity index (χ3n) is 4.30. The van der Waals surface area contributed by atoms with Gasteiger partial charge >= 0.3 is 0 Å². The highest BCUT2D eigenvalue weighted by molar-refractivity contribution is 5.91. The summed E-state index contributed by atoms with van der Waals surface area (Å²) in [6, 6.07) is 7.17. The van der Waals surface area contributed by atoms with Crippen LogP contribution in [-0.4, -0.2) is 34.9 Å². The van der Waals surface area contributed by atoms with Gasteiger partial charge in [0.25, 0.3) is 0 Å². The number of hydrogen-bond donors (Lipinski definition) is 1. The fourth-order valence-corrected chi connectivity index (χ4v) is 2.92. The van der Waals surface area contributed by atoms with Crippen molar-refractivity contribution in [3.8, 4) is 23.0 Å². The van der Waals surface area contributed by atoms with Crippen molar-refractivity contribution >= 4 is 11.6 Å². The standard InChI is InChI=1S/C19H22N4O4/c1-11-8-15(19-22-21-13(3)27-19)12(2)23(11)10-18(24)20-14-6-7-16(25-4)17(9-14)26-5/h6-9H,10H2,1-5H3,(H,20,24). The van der Waals surface area contributed by atoms with Gasteiger partial charge in [-0.2, -0.15) is 0 Å². The summed E-state index contributed by atoms with van der Waals surface area (Å²) in [5.74, 6) is 1.95. The maximum Gasteiger partial charge on any atom is 0.249 e. The molecule has 0 unspecified atom stereocenters. The Bertz CT molecular complexity index is 974. The Balaban J connectivity index is 1.78. The second-order valence-electron chi connectivity index (χ2n) is 6.12. The van der Waals surface area contributed by atoms with Crippen LogP contribution < -0.4 is 14.8 Å². The van der Waals surface area contributed by atoms with E-state index in [2.05, 4.69) is 15.5 Å². The van der Waals surface area contributed by atoms with Gasteiger partial charge in [-0.05, 0) is 32.0 Å². The van der Waals surface area contributed by atoms with Gasteiger partial charge in [-0.3, -0.25) is 4.79 Å². The molecule has 142 valence electrons. The largest absolute Gasteiger partial charge is 0.493 e. The lowest BCUT2D eigenvalue weighted by atomic mass is 10.2. The zero-order valence-corrected chi connectivity index (χ0v) is 16.0. The van der Waals surface area contributed by atoms with Gasteiger partial charge in [-0.15, -0.1) is 10.2 Å². The van der Waals surface area contributed by atoms with Gasteiger partial charge in [-0.25, -0.2) is 0 Å². The predicted octanol–water partition coefficient (Wildman–Crippen LogP) is 3.12. The molecule has 0 aliphatic rings. The molecule has 0 spiro atoms. The van der Waals surface area contributed by atoms with Crippen LogP contribution >= 0.6 is 0 Å². The van der Waals surface area contributed by atoms with E-state index >= 15 is 0 Å². The lowest BCUT2D eigenvalue weighted by Crippen LogP contribution is -2.20. The molecule has 3 rings (SSSR count). The number of anilines is 1. The first-order valence-corrected chi connectivity index (χ1v) is 8.42. The molecule has 0 saturated carbocycles. The first-order valence-electron chi connectivity index (χ1n) is 8.42. The number of ether oxygens (including phenoxy) is 2. The van der Waals surface area contributed by atoms with Crippen LogP contribution in [0.4, 0.5) is 5.69 Å². The molecule has 0 atom stereocenters. The van der Waals surface area contributed by atoms with Crippen molar-refractivity contribution in [1.29, 1.82) is 0 Å². The Labute approximate surface area is 157 Å². The topological polar surface area (TPSA) is 91.4 Å². The van der Waals surface area contributed by atoms with E-state index in [1.165, 1.54) is 0 Å². The fourth-order valence-electron chi connectivity index (χ4n) is 2.92. The van der Waals surface area contributed by atoms with Gasteiger partial charge in [0.15, 0.2) is 11.5 Å². The van der Waals surface area contributed by atoms with Crippen LogP contribution in [0.3, 0.4) is 0 Å². The van der Waals surface area contributed by atoms with Crippen molar-refractivity contribution in [2.24, 2.45) is 0 Å². The van der Waals surface area contributed by atoms with Crippen molar-refractivity contribution in [2.45, 2.75) is 27.3 Å². The molecule has 0 saturated heterocycles. The number of aryl methyl sites for hydroxylation is 2. The minimum atomic E-state index is -0.155. The van der Waals surface area contributed by atoms with Crippen molar-refractivity contribution in [3.05, 3.63) is 41.5 Å². The molecule has 2 heterocycles. The molecule has 8 nitrogen and oxygen atoms in total. The van der Waals surface area contributed by atoms with E-state index < -0.39 is 0 Å². The van der Waals surface area contributed by atoms with Gasteiger partial charge in [0.05, 0.1) is 19.8 Å². The van der Waals surface area contributed by atoms with Crippen LogP contribution in [0, 0.1) is 20.8 Å². The summed E-state index contributed by atoms with van der Waals surface area (Å²) in [7, 11) is 3.12. The Morgan fingerprint density at radius 2 is 1.85 bits per heavy atom. The number of amides is 1. The highest BCUT2D eigenvalue weighted by Gasteiger charge is 2.17. The third-order valence-corrected chi connectivity index (χ3v) is 4.30. The normalized spacial score (nSPS) is 10.7. The quantitative estimate of drug-likeness (QED) is 0.717. The molecule has 1 amide bonds. The van der Waals surface area contributed by atoms with E-state index in [0.717, 1.165) is 17.0 Å². The van der Waals surface area contributed by atoms with Crippen molar-refractivity contribution < 1.29 is 18.7 Å². The van der Waals surface area contributed by atoms with E-state index in [4.69, 9.17) is 13.9 Å². The van der Waals surface area contributed by atoms with Gasteiger partial charge in [0.2, 0.25) is 17.7 Å². The molecule has 0 fully saturated rings. The van der Waals surface area contributed by atoms with Crippen LogP contribution in [0.15, 0.2) is 28.7 Å². The van der Waals surface area contributed by atoms with Gasteiger partial charge in [-0.1, -0.05) is 0 Å². The summed E-state index contributed by atoms with van der Waals surface area (Å²) < 4.78 is 17.9. The lowest BCUT2D eigenvalue weighted by molar-refractivity contribution is -0.116. The predicted molar refractivity (Wildman–Crippen MR) is 100 cm³/mol. The highest BCUT2D eigenvalue weighted by Crippen LogP contribution is 2.30. The average molecular weight is 370 g/mol. The monoisotopic (exact) mass is 370 g/mol. The molecule has 0 bridgehead atoms. The zero-order chi connectivity index (χ0) is 19.6. The molecule has 8 heteroatoms. The number of nitrogens with zero attached hydrogens (tertiary/aromatic N) is 3. The molecule has 1 N–H and O–H groups in total. The maximum absolute atomic E-state index is 12.5. The Morgan fingerprint density at radius 3 is 2.48 bits per heavy atom. The molecular formula is C19H22N4O4. The number of nitrogens with one attached hydrogen (secondary N) is 1. The lowest BCUT2D eigenvalue weighted by Gasteiger charge is -2.12. The third kappa shape index (κ3) is 3.79. The Hall–Kier alpha value is -3.29. The van der Waals surface area contributed by atoms with Crippen LogP contribution in [0.1, 0.15) is 17.3 Å². The van der Waals surface area contributed by atoms with Gasteiger partial charge < -0.3 is 23.8 Å². The number of carbonyl (C=O) groups excluding carboxylic acids is 1. The number of benzene rings is 1. The average Bonchev–Trinajstić information content (AvgIpc) is 3.19. The summed E-state index contributed by atoms with van der Waals surface area (Å²) in [6.07, 6.45) is 0. The highest BCUT2D eigenvalue weighted by atomic mass is 16.5. The first-order chi connectivity index (χ1) is 12.9. The van der Waals surface area contributed by atoms with E-state index in [-0.39, 0.29) is 12.5 Å². The van der Waals surface area contributed by atoms with Crippen LogP contribution in [0.2, 0.25) is 0 Å². The molecule has 2 aromatic heterocycles. The molecule has 27 heavy (non-hydrogen) atoms. The summed E-state index contributed by atoms with van der Waals surface area (Å²) in [4.78, 5) is 12.5. The molecule has 0 aliphatic carbocycles. The number of aromatic nitrogens is 3. The number of rotatable bonds is 6. The van der Waals surface area contributed by atoms with E-state index in [0.29, 0.717) is 29.0 Å². The first kappa shape index (κ1) is 18.5. The molecule has 0 radical (unpaired) electrons. The van der Waals surface area contributed by atoms with E-state index in [1.807, 2.05) is 24.5 Å². The van der Waals surface area contributed by atoms with Crippen LogP contribution in [0.5, 0.6) is 11.5 Å². The van der Waals surface area contributed by atoms with Gasteiger partial charge in [0.1, 0.15) is 6.54 Å². The second-order valence-corrected chi connectivity index (χ2v) is 6.12. The van der Waals surface area contributed by atoms with Crippen LogP contribution in [-0.2, 0) is 11.3 Å². The Morgan fingerprint density at radius 1 is 1.11 bits per heavy atom. The molecule has 0 aliphatic heterocycles. The smallest absolute Gasteiger partial charge is 0.249 e. The molecule has 1 aromatic carbocycles. The molecule has 3 aromatic rings. The molecular weight excluding hydrogens is 348 g/mol. The SMILES string of the molecule is COc1ccc(NC(=O)Cn2c(C)cc(-c3nnc(C)o3)c2C)cc1OC. The summed E-state index contributed by atoms with van der Waals surface area (Å²) in [5.41, 5.74) is 3.28.